The number of benzene rings is 1. The summed E-state index contributed by atoms with van der Waals surface area (Å²) in [6, 6.07) is 6.52. The van der Waals surface area contributed by atoms with Gasteiger partial charge in [0, 0.05) is 17.9 Å². The SMILES string of the molecule is CC(C)CN1C(=O)C[C@H](Sc2ccccc2C(=O)O)C1=O. The van der Waals surface area contributed by atoms with Gasteiger partial charge in [0.1, 0.15) is 0 Å². The Bertz CT molecular complexity index is 585. The molecule has 0 bridgehead atoms. The summed E-state index contributed by atoms with van der Waals surface area (Å²) in [5.74, 6) is -1.22. The molecule has 5 nitrogen and oxygen atoms in total. The number of imide groups is 1. The average molecular weight is 307 g/mol. The van der Waals surface area contributed by atoms with Crippen LogP contribution in [0, 0.1) is 5.92 Å². The molecule has 0 aliphatic carbocycles. The van der Waals surface area contributed by atoms with E-state index in [1.165, 1.54) is 11.0 Å². The summed E-state index contributed by atoms with van der Waals surface area (Å²) in [5, 5.41) is 8.62. The third-order valence-electron chi connectivity index (χ3n) is 3.14. The van der Waals surface area contributed by atoms with Gasteiger partial charge in [-0.2, -0.15) is 0 Å². The Balaban J connectivity index is 2.16. The highest BCUT2D eigenvalue weighted by molar-refractivity contribution is 8.00. The molecule has 1 heterocycles. The zero-order valence-corrected chi connectivity index (χ0v) is 12.7. The van der Waals surface area contributed by atoms with Crippen LogP contribution in [0.4, 0.5) is 0 Å². The van der Waals surface area contributed by atoms with E-state index in [0.29, 0.717) is 11.4 Å². The summed E-state index contributed by atoms with van der Waals surface area (Å²) in [6.45, 7) is 4.30. The maximum Gasteiger partial charge on any atom is 0.336 e. The zero-order valence-electron chi connectivity index (χ0n) is 11.9. The van der Waals surface area contributed by atoms with Crippen molar-refractivity contribution in [2.24, 2.45) is 5.92 Å². The van der Waals surface area contributed by atoms with E-state index in [1.807, 2.05) is 13.8 Å². The van der Waals surface area contributed by atoms with Crippen LogP contribution in [0.2, 0.25) is 0 Å². The standard InChI is InChI=1S/C15H17NO4S/c1-9(2)8-16-13(17)7-12(14(16)18)21-11-6-4-3-5-10(11)15(19)20/h3-6,9,12H,7-8H2,1-2H3,(H,19,20)/t12-/m0/s1. The first-order valence-electron chi connectivity index (χ1n) is 6.73. The molecular formula is C15H17NO4S. The molecule has 0 spiro atoms. The number of carbonyl (C=O) groups is 3. The molecule has 2 amide bonds. The minimum absolute atomic E-state index is 0.129. The van der Waals surface area contributed by atoms with Gasteiger partial charge in [-0.05, 0) is 18.1 Å². The van der Waals surface area contributed by atoms with E-state index in [0.717, 1.165) is 11.8 Å². The highest BCUT2D eigenvalue weighted by Crippen LogP contribution is 2.33. The normalized spacial score (nSPS) is 18.6. The predicted octanol–water partition coefficient (Wildman–Crippen LogP) is 2.26. The number of nitrogens with zero attached hydrogens (tertiary/aromatic N) is 1. The first-order valence-corrected chi connectivity index (χ1v) is 7.61. The van der Waals surface area contributed by atoms with Crippen molar-refractivity contribution in [1.82, 2.24) is 4.90 Å². The van der Waals surface area contributed by atoms with Crippen molar-refractivity contribution in [1.29, 1.82) is 0 Å². The molecule has 0 saturated carbocycles. The fraction of sp³-hybridized carbons (Fsp3) is 0.400. The summed E-state index contributed by atoms with van der Waals surface area (Å²) in [7, 11) is 0. The first kappa shape index (κ1) is 15.6. The molecule has 6 heteroatoms. The van der Waals surface area contributed by atoms with Crippen molar-refractivity contribution in [3.05, 3.63) is 29.8 Å². The van der Waals surface area contributed by atoms with Crippen molar-refractivity contribution in [2.75, 3.05) is 6.54 Å². The number of carbonyl (C=O) groups excluding carboxylic acids is 2. The van der Waals surface area contributed by atoms with Crippen LogP contribution in [0.5, 0.6) is 0 Å². The Morgan fingerprint density at radius 3 is 2.67 bits per heavy atom. The van der Waals surface area contributed by atoms with Gasteiger partial charge >= 0.3 is 5.97 Å². The van der Waals surface area contributed by atoms with Crippen molar-refractivity contribution >= 4 is 29.5 Å². The van der Waals surface area contributed by atoms with Crippen molar-refractivity contribution in [3.63, 3.8) is 0 Å². The van der Waals surface area contributed by atoms with Gasteiger partial charge < -0.3 is 5.11 Å². The van der Waals surface area contributed by atoms with Crippen molar-refractivity contribution < 1.29 is 19.5 Å². The predicted molar refractivity (Wildman–Crippen MR) is 79.2 cm³/mol. The molecule has 1 aromatic rings. The number of carboxylic acid groups (broad SMARTS) is 1. The van der Waals surface area contributed by atoms with Crippen LogP contribution in [-0.2, 0) is 9.59 Å². The molecular weight excluding hydrogens is 290 g/mol. The molecule has 1 saturated heterocycles. The number of rotatable bonds is 5. The fourth-order valence-corrected chi connectivity index (χ4v) is 3.40. The van der Waals surface area contributed by atoms with E-state index < -0.39 is 11.2 Å². The fourth-order valence-electron chi connectivity index (χ4n) is 2.20. The summed E-state index contributed by atoms with van der Waals surface area (Å²) in [6.07, 6.45) is 0.129. The van der Waals surface area contributed by atoms with Crippen LogP contribution in [0.3, 0.4) is 0 Å². The molecule has 1 N–H and O–H groups in total. The number of aromatic carboxylic acids is 1. The zero-order chi connectivity index (χ0) is 15.6. The second kappa shape index (κ2) is 6.30. The van der Waals surface area contributed by atoms with Crippen LogP contribution < -0.4 is 0 Å². The highest BCUT2D eigenvalue weighted by atomic mass is 32.2. The Hall–Kier alpha value is -1.82. The third-order valence-corrected chi connectivity index (χ3v) is 4.40. The summed E-state index contributed by atoms with van der Waals surface area (Å²) >= 11 is 1.16. The van der Waals surface area contributed by atoms with Gasteiger partial charge in [-0.1, -0.05) is 26.0 Å². The lowest BCUT2D eigenvalue weighted by atomic mass is 10.2. The topological polar surface area (TPSA) is 74.7 Å². The molecule has 1 atom stereocenters. The van der Waals surface area contributed by atoms with E-state index in [4.69, 9.17) is 5.11 Å². The first-order chi connectivity index (χ1) is 9.90. The van der Waals surface area contributed by atoms with Crippen LogP contribution in [0.1, 0.15) is 30.6 Å². The largest absolute Gasteiger partial charge is 0.478 e. The van der Waals surface area contributed by atoms with Crippen LogP contribution in [0.25, 0.3) is 0 Å². The lowest BCUT2D eigenvalue weighted by Gasteiger charge is -2.17. The van der Waals surface area contributed by atoms with Gasteiger partial charge in [0.05, 0.1) is 10.8 Å². The lowest BCUT2D eigenvalue weighted by molar-refractivity contribution is -0.138. The minimum atomic E-state index is -1.03. The van der Waals surface area contributed by atoms with Gasteiger partial charge in [0.2, 0.25) is 11.8 Å². The van der Waals surface area contributed by atoms with E-state index in [1.54, 1.807) is 18.2 Å². The summed E-state index contributed by atoms with van der Waals surface area (Å²) in [5.41, 5.74) is 0.157. The maximum absolute atomic E-state index is 12.3. The molecule has 0 unspecified atom stereocenters. The molecule has 1 aliphatic heterocycles. The maximum atomic E-state index is 12.3. The Labute approximate surface area is 127 Å². The number of amides is 2. The second-order valence-electron chi connectivity index (χ2n) is 5.35. The van der Waals surface area contributed by atoms with E-state index in [2.05, 4.69) is 0 Å². The van der Waals surface area contributed by atoms with Crippen LogP contribution in [-0.4, -0.2) is 39.6 Å². The van der Waals surface area contributed by atoms with E-state index in [-0.39, 0.29) is 29.7 Å². The van der Waals surface area contributed by atoms with Crippen molar-refractivity contribution in [2.45, 2.75) is 30.4 Å². The number of hydrogen-bond acceptors (Lipinski definition) is 4. The van der Waals surface area contributed by atoms with Crippen LogP contribution >= 0.6 is 11.8 Å². The van der Waals surface area contributed by atoms with E-state index >= 15 is 0 Å². The van der Waals surface area contributed by atoms with Crippen molar-refractivity contribution in [3.8, 4) is 0 Å². The number of thioether (sulfide) groups is 1. The molecule has 1 aliphatic rings. The summed E-state index contributed by atoms with van der Waals surface area (Å²) < 4.78 is 0. The number of carboxylic acids is 1. The number of likely N-dealkylation sites (tertiary alicyclic amines) is 1. The highest BCUT2D eigenvalue weighted by Gasteiger charge is 2.39. The number of hydrogen-bond donors (Lipinski definition) is 1. The monoisotopic (exact) mass is 307 g/mol. The minimum Gasteiger partial charge on any atom is -0.478 e. The smallest absolute Gasteiger partial charge is 0.336 e. The molecule has 0 aromatic heterocycles. The van der Waals surface area contributed by atoms with Gasteiger partial charge in [0.15, 0.2) is 0 Å². The lowest BCUT2D eigenvalue weighted by Crippen LogP contribution is -2.34. The quantitative estimate of drug-likeness (QED) is 0.845. The molecule has 112 valence electrons. The van der Waals surface area contributed by atoms with Gasteiger partial charge in [0.25, 0.3) is 0 Å². The molecule has 1 aromatic carbocycles. The van der Waals surface area contributed by atoms with Gasteiger partial charge in [-0.25, -0.2) is 4.79 Å². The second-order valence-corrected chi connectivity index (χ2v) is 6.59. The Kier molecular flexibility index (Phi) is 4.67. The van der Waals surface area contributed by atoms with E-state index in [9.17, 15) is 14.4 Å². The Morgan fingerprint density at radius 1 is 1.38 bits per heavy atom. The molecule has 0 radical (unpaired) electrons. The average Bonchev–Trinajstić information content (AvgIpc) is 2.66. The summed E-state index contributed by atoms with van der Waals surface area (Å²) in [4.78, 5) is 37.2. The third kappa shape index (κ3) is 3.44. The van der Waals surface area contributed by atoms with Gasteiger partial charge in [-0.15, -0.1) is 11.8 Å². The van der Waals surface area contributed by atoms with Gasteiger partial charge in [-0.3, -0.25) is 14.5 Å². The van der Waals surface area contributed by atoms with Crippen LogP contribution in [0.15, 0.2) is 29.2 Å². The Morgan fingerprint density at radius 2 is 2.05 bits per heavy atom. The molecule has 21 heavy (non-hydrogen) atoms. The molecule has 2 rings (SSSR count). The molecule has 1 fully saturated rings.